The summed E-state index contributed by atoms with van der Waals surface area (Å²) >= 11 is 13.5. The van der Waals surface area contributed by atoms with Gasteiger partial charge in [-0.15, -0.1) is 0 Å². The molecule has 10 heteroatoms. The Bertz CT molecular complexity index is 958. The Balaban J connectivity index is 1.81. The first-order chi connectivity index (χ1) is 13.7. The fraction of sp³-hybridized carbons (Fsp3) is 0.316. The van der Waals surface area contributed by atoms with Gasteiger partial charge in [0.25, 0.3) is 0 Å². The van der Waals surface area contributed by atoms with E-state index in [4.69, 9.17) is 23.2 Å². The van der Waals surface area contributed by atoms with Crippen molar-refractivity contribution < 1.29 is 17.6 Å². The van der Waals surface area contributed by atoms with Gasteiger partial charge < -0.3 is 5.32 Å². The Hall–Kier alpha value is -1.48. The smallest absolute Gasteiger partial charge is 0.240 e. The van der Waals surface area contributed by atoms with Crippen molar-refractivity contribution in [3.63, 3.8) is 0 Å². The zero-order chi connectivity index (χ0) is 21.4. The van der Waals surface area contributed by atoms with Crippen molar-refractivity contribution in [1.29, 1.82) is 0 Å². The summed E-state index contributed by atoms with van der Waals surface area (Å²) in [5.74, 6) is 0.612. The number of nitrogens with one attached hydrogen (secondary N) is 1. The third kappa shape index (κ3) is 7.70. The minimum Gasteiger partial charge on any atom is -0.354 e. The van der Waals surface area contributed by atoms with Crippen molar-refractivity contribution in [3.8, 4) is 0 Å². The lowest BCUT2D eigenvalue weighted by molar-refractivity contribution is -0.119. The molecule has 0 saturated heterocycles. The topological polar surface area (TPSA) is 66.5 Å². The number of amides is 1. The van der Waals surface area contributed by atoms with Crippen molar-refractivity contribution in [2.24, 2.45) is 0 Å². The molecule has 0 heterocycles. The van der Waals surface area contributed by atoms with Crippen LogP contribution in [-0.2, 0) is 20.6 Å². The van der Waals surface area contributed by atoms with Crippen LogP contribution in [0, 0.1) is 5.82 Å². The quantitative estimate of drug-likeness (QED) is 0.515. The second-order valence-electron chi connectivity index (χ2n) is 6.21. The molecule has 0 aliphatic carbocycles. The van der Waals surface area contributed by atoms with E-state index in [0.717, 1.165) is 16.3 Å². The lowest BCUT2D eigenvalue weighted by Gasteiger charge is -2.23. The van der Waals surface area contributed by atoms with Gasteiger partial charge in [0, 0.05) is 17.3 Å². The van der Waals surface area contributed by atoms with E-state index in [1.807, 2.05) is 0 Å². The maximum absolute atomic E-state index is 13.5. The van der Waals surface area contributed by atoms with Crippen LogP contribution in [0.2, 0.25) is 10.0 Å². The Labute approximate surface area is 184 Å². The normalized spacial score (nSPS) is 11.3. The molecule has 2 rings (SSSR count). The Morgan fingerprint density at radius 1 is 1.21 bits per heavy atom. The number of benzene rings is 2. The molecule has 2 aromatic rings. The first-order valence-corrected chi connectivity index (χ1v) is 12.4. The molecule has 0 radical (unpaired) electrons. The van der Waals surface area contributed by atoms with Gasteiger partial charge in [-0.05, 0) is 42.0 Å². The summed E-state index contributed by atoms with van der Waals surface area (Å²) in [4.78, 5) is 12.2. The van der Waals surface area contributed by atoms with Crippen LogP contribution in [0.3, 0.4) is 0 Å². The van der Waals surface area contributed by atoms with Crippen LogP contribution < -0.4 is 9.62 Å². The maximum atomic E-state index is 13.5. The van der Waals surface area contributed by atoms with Gasteiger partial charge in [0.05, 0.1) is 17.0 Å². The van der Waals surface area contributed by atoms with E-state index in [1.165, 1.54) is 24.3 Å². The van der Waals surface area contributed by atoms with Gasteiger partial charge in [0.1, 0.15) is 12.4 Å². The average molecular weight is 479 g/mol. The van der Waals surface area contributed by atoms with Crippen LogP contribution in [0.15, 0.2) is 42.5 Å². The minimum absolute atomic E-state index is 0.139. The van der Waals surface area contributed by atoms with E-state index in [9.17, 15) is 17.6 Å². The minimum atomic E-state index is -3.72. The summed E-state index contributed by atoms with van der Waals surface area (Å²) in [5.41, 5.74) is 0.833. The molecule has 0 bridgehead atoms. The van der Waals surface area contributed by atoms with Gasteiger partial charge in [-0.25, -0.2) is 12.8 Å². The molecule has 0 aliphatic heterocycles. The van der Waals surface area contributed by atoms with Crippen LogP contribution in [0.4, 0.5) is 10.1 Å². The number of thioether (sulfide) groups is 1. The van der Waals surface area contributed by atoms with Crippen LogP contribution in [0.25, 0.3) is 0 Å². The van der Waals surface area contributed by atoms with Gasteiger partial charge >= 0.3 is 0 Å². The largest absolute Gasteiger partial charge is 0.354 e. The van der Waals surface area contributed by atoms with E-state index in [1.54, 1.807) is 30.0 Å². The van der Waals surface area contributed by atoms with Gasteiger partial charge in [-0.2, -0.15) is 11.8 Å². The Morgan fingerprint density at radius 2 is 1.93 bits per heavy atom. The Kier molecular flexibility index (Phi) is 9.07. The third-order valence-corrected chi connectivity index (χ3v) is 6.63. The van der Waals surface area contributed by atoms with Crippen molar-refractivity contribution in [1.82, 2.24) is 5.32 Å². The van der Waals surface area contributed by atoms with E-state index in [0.29, 0.717) is 29.3 Å². The number of hydrogen-bond acceptors (Lipinski definition) is 4. The summed E-state index contributed by atoms with van der Waals surface area (Å²) in [6.45, 7) is -0.00237. The fourth-order valence-electron chi connectivity index (χ4n) is 2.45. The van der Waals surface area contributed by atoms with Gasteiger partial charge in [0.15, 0.2) is 0 Å². The molecule has 29 heavy (non-hydrogen) atoms. The average Bonchev–Trinajstić information content (AvgIpc) is 2.63. The highest BCUT2D eigenvalue weighted by Gasteiger charge is 2.23. The zero-order valence-electron chi connectivity index (χ0n) is 15.7. The van der Waals surface area contributed by atoms with Gasteiger partial charge in [0.2, 0.25) is 15.9 Å². The van der Waals surface area contributed by atoms with Crippen molar-refractivity contribution in [3.05, 3.63) is 63.9 Å². The molecule has 1 N–H and O–H groups in total. The Morgan fingerprint density at radius 3 is 2.59 bits per heavy atom. The monoisotopic (exact) mass is 478 g/mol. The summed E-state index contributed by atoms with van der Waals surface area (Å²) < 4.78 is 38.7. The van der Waals surface area contributed by atoms with E-state index in [2.05, 4.69) is 5.32 Å². The van der Waals surface area contributed by atoms with Gasteiger partial charge in [-0.3, -0.25) is 9.10 Å². The van der Waals surface area contributed by atoms with Crippen molar-refractivity contribution in [2.45, 2.75) is 12.2 Å². The first kappa shape index (κ1) is 23.8. The van der Waals surface area contributed by atoms with Crippen LogP contribution in [0.5, 0.6) is 0 Å². The number of carbonyl (C=O) groups excluding carboxylic acids is 1. The molecule has 0 unspecified atom stereocenters. The molecule has 5 nitrogen and oxygen atoms in total. The van der Waals surface area contributed by atoms with Crippen LogP contribution in [0.1, 0.15) is 12.0 Å². The first-order valence-electron chi connectivity index (χ1n) is 8.69. The fourth-order valence-corrected chi connectivity index (χ4v) is 4.83. The molecular weight excluding hydrogens is 458 g/mol. The summed E-state index contributed by atoms with van der Waals surface area (Å²) in [7, 11) is -3.72. The lowest BCUT2D eigenvalue weighted by Crippen LogP contribution is -2.40. The zero-order valence-corrected chi connectivity index (χ0v) is 18.8. The second kappa shape index (κ2) is 11.1. The number of carbonyl (C=O) groups is 1. The molecule has 1 amide bonds. The van der Waals surface area contributed by atoms with E-state index < -0.39 is 15.9 Å². The molecule has 0 atom stereocenters. The molecule has 2 aromatic carbocycles. The highest BCUT2D eigenvalue weighted by molar-refractivity contribution is 7.98. The highest BCUT2D eigenvalue weighted by Crippen LogP contribution is 2.30. The van der Waals surface area contributed by atoms with Crippen LogP contribution in [-0.4, -0.2) is 39.4 Å². The number of halogens is 3. The number of nitrogens with zero attached hydrogens (tertiary/aromatic N) is 1. The molecule has 0 fully saturated rings. The number of sulfonamides is 1. The highest BCUT2D eigenvalue weighted by atomic mass is 35.5. The lowest BCUT2D eigenvalue weighted by atomic mass is 10.2. The standard InChI is InChI=1S/C19H21Cl2FN2O3S2/c1-29(26,27)24(18-8-7-15(20)11-16(18)21)12-19(25)23-9-4-10-28-13-14-5-2-3-6-17(14)22/h2-3,5-8,11H,4,9-10,12-13H2,1H3,(H,23,25). The molecule has 0 spiro atoms. The molecular formula is C19H21Cl2FN2O3S2. The summed E-state index contributed by atoms with van der Waals surface area (Å²) in [6, 6.07) is 11.0. The van der Waals surface area contributed by atoms with Crippen LogP contribution >= 0.6 is 35.0 Å². The van der Waals surface area contributed by atoms with Crippen molar-refractivity contribution >= 4 is 56.6 Å². The third-order valence-electron chi connectivity index (χ3n) is 3.87. The molecule has 0 aromatic heterocycles. The number of hydrogen-bond donors (Lipinski definition) is 1. The van der Waals surface area contributed by atoms with E-state index >= 15 is 0 Å². The molecule has 0 saturated carbocycles. The number of rotatable bonds is 10. The maximum Gasteiger partial charge on any atom is 0.240 e. The SMILES string of the molecule is CS(=O)(=O)N(CC(=O)NCCCSCc1ccccc1F)c1ccc(Cl)cc1Cl. The molecule has 0 aliphatic rings. The number of anilines is 1. The summed E-state index contributed by atoms with van der Waals surface area (Å²) in [5, 5.41) is 3.20. The molecule has 158 valence electrons. The van der Waals surface area contributed by atoms with E-state index in [-0.39, 0.29) is 23.1 Å². The predicted molar refractivity (Wildman–Crippen MR) is 119 cm³/mol. The summed E-state index contributed by atoms with van der Waals surface area (Å²) in [6.07, 6.45) is 1.68. The predicted octanol–water partition coefficient (Wildman–Crippen LogP) is 4.34. The van der Waals surface area contributed by atoms with Crippen molar-refractivity contribution in [2.75, 3.05) is 29.4 Å². The second-order valence-corrected chi connectivity index (χ2v) is 10.1. The van der Waals surface area contributed by atoms with Gasteiger partial charge in [-0.1, -0.05) is 41.4 Å².